The third kappa shape index (κ3) is 1.98. The van der Waals surface area contributed by atoms with Crippen molar-refractivity contribution >= 4 is 62.1 Å². The SMILES string of the molecule is CN1c2ccccc2N2c3c1cc1cccc4c1[n+]3C1(c3ccccc3-c3coc5oc2[n+]1c35)c1oc2ccccc2c1-4. The molecule has 0 radical (unpaired) electrons. The highest BCUT2D eigenvalue weighted by molar-refractivity contribution is 6.07. The molecule has 8 aromatic rings. The van der Waals surface area contributed by atoms with Gasteiger partial charge in [-0.25, -0.2) is 0 Å². The Morgan fingerprint density at radius 3 is 2.47 bits per heavy atom. The van der Waals surface area contributed by atoms with Gasteiger partial charge in [-0.05, 0) is 36.4 Å². The number of hydrogen-bond acceptors (Lipinski definition) is 5. The summed E-state index contributed by atoms with van der Waals surface area (Å²) in [6.45, 7) is 0. The van der Waals surface area contributed by atoms with Crippen LogP contribution in [0.5, 0.6) is 0 Å². The van der Waals surface area contributed by atoms with Gasteiger partial charge < -0.3 is 18.2 Å². The lowest BCUT2D eigenvalue weighted by Gasteiger charge is -2.43. The largest absolute Gasteiger partial charge is 0.478 e. The minimum atomic E-state index is -0.913. The fraction of sp³-hybridized carbons (Fsp3) is 0.0556. The summed E-state index contributed by atoms with van der Waals surface area (Å²) in [5, 5.41) is 2.27. The average Bonchev–Trinajstić information content (AvgIpc) is 3.76. The number of oxazole rings is 1. The van der Waals surface area contributed by atoms with Gasteiger partial charge in [0.2, 0.25) is 11.3 Å². The van der Waals surface area contributed by atoms with Crippen molar-refractivity contribution < 1.29 is 22.4 Å². The number of anilines is 5. The van der Waals surface area contributed by atoms with Crippen LogP contribution in [0, 0.1) is 0 Å². The van der Waals surface area contributed by atoms with Gasteiger partial charge >= 0.3 is 23.3 Å². The Morgan fingerprint density at radius 1 is 0.698 bits per heavy atom. The van der Waals surface area contributed by atoms with E-state index in [-0.39, 0.29) is 0 Å². The van der Waals surface area contributed by atoms with E-state index in [1.165, 1.54) is 0 Å². The van der Waals surface area contributed by atoms with Crippen LogP contribution in [0.3, 0.4) is 0 Å². The van der Waals surface area contributed by atoms with Crippen molar-refractivity contribution in [3.05, 3.63) is 115 Å². The Kier molecular flexibility index (Phi) is 3.16. The maximum atomic E-state index is 7.08. The summed E-state index contributed by atoms with van der Waals surface area (Å²) in [6, 6.07) is 35.2. The van der Waals surface area contributed by atoms with Crippen LogP contribution < -0.4 is 18.9 Å². The van der Waals surface area contributed by atoms with Crippen LogP contribution >= 0.6 is 0 Å². The molecule has 0 aliphatic carbocycles. The maximum absolute atomic E-state index is 7.08. The van der Waals surface area contributed by atoms with Crippen LogP contribution in [-0.4, -0.2) is 7.05 Å². The van der Waals surface area contributed by atoms with Gasteiger partial charge in [0.25, 0.3) is 0 Å². The number of fused-ring (bicyclic) bond motifs is 9. The zero-order valence-corrected chi connectivity index (χ0v) is 22.8. The number of benzene rings is 4. The van der Waals surface area contributed by atoms with Crippen LogP contribution in [0.15, 0.2) is 117 Å². The summed E-state index contributed by atoms with van der Waals surface area (Å²) in [4.78, 5) is 4.56. The number of aromatic nitrogens is 2. The molecule has 1 atom stereocenters. The van der Waals surface area contributed by atoms with Gasteiger partial charge in [0.15, 0.2) is 5.69 Å². The van der Waals surface area contributed by atoms with E-state index in [4.69, 9.17) is 13.3 Å². The summed E-state index contributed by atoms with van der Waals surface area (Å²) in [5.41, 5.74) is 10.8. The second kappa shape index (κ2) is 6.47. The molecule has 4 aliphatic heterocycles. The van der Waals surface area contributed by atoms with Gasteiger partial charge in [0.1, 0.15) is 23.1 Å². The molecule has 0 bridgehead atoms. The Hall–Kier alpha value is -5.82. The lowest BCUT2D eigenvalue weighted by Crippen LogP contribution is -2.80. The number of furan rings is 2. The first-order chi connectivity index (χ1) is 21.3. The van der Waals surface area contributed by atoms with Gasteiger partial charge in [0.05, 0.1) is 16.8 Å². The van der Waals surface area contributed by atoms with Crippen molar-refractivity contribution in [3.63, 3.8) is 0 Å². The molecule has 0 fully saturated rings. The molecule has 0 amide bonds. The summed E-state index contributed by atoms with van der Waals surface area (Å²) >= 11 is 0. The lowest BCUT2D eigenvalue weighted by molar-refractivity contribution is -0.950. The van der Waals surface area contributed by atoms with E-state index in [1.807, 2.05) is 12.3 Å². The highest BCUT2D eigenvalue weighted by Crippen LogP contribution is 2.59. The lowest BCUT2D eigenvalue weighted by atomic mass is 9.79. The molecule has 43 heavy (non-hydrogen) atoms. The molecule has 1 unspecified atom stereocenters. The van der Waals surface area contributed by atoms with Crippen LogP contribution in [0.2, 0.25) is 0 Å². The topological polar surface area (TPSA) is 53.7 Å². The molecule has 12 rings (SSSR count). The van der Waals surface area contributed by atoms with Gasteiger partial charge in [0, 0.05) is 34.5 Å². The van der Waals surface area contributed by atoms with E-state index in [1.54, 1.807) is 0 Å². The summed E-state index contributed by atoms with van der Waals surface area (Å²) in [5.74, 6) is 2.40. The zero-order valence-electron chi connectivity index (χ0n) is 22.8. The molecule has 4 aromatic carbocycles. The highest BCUT2D eigenvalue weighted by atomic mass is 16.5. The van der Waals surface area contributed by atoms with Crippen molar-refractivity contribution in [2.24, 2.45) is 0 Å². The first-order valence-electron chi connectivity index (χ1n) is 14.5. The molecular weight excluding hydrogens is 536 g/mol. The first kappa shape index (κ1) is 21.0. The van der Waals surface area contributed by atoms with Gasteiger partial charge in [-0.2, -0.15) is 4.57 Å². The molecule has 7 nitrogen and oxygen atoms in total. The van der Waals surface area contributed by atoms with Gasteiger partial charge in [-0.1, -0.05) is 60.7 Å². The van der Waals surface area contributed by atoms with Crippen molar-refractivity contribution in [1.29, 1.82) is 0 Å². The second-order valence-corrected chi connectivity index (χ2v) is 11.8. The summed E-state index contributed by atoms with van der Waals surface area (Å²) < 4.78 is 24.9. The van der Waals surface area contributed by atoms with Crippen LogP contribution in [0.1, 0.15) is 11.3 Å². The third-order valence-corrected chi connectivity index (χ3v) is 10.0. The molecule has 0 N–H and O–H groups in total. The monoisotopic (exact) mass is 556 g/mol. The molecule has 4 aromatic heterocycles. The average molecular weight is 557 g/mol. The van der Waals surface area contributed by atoms with E-state index in [9.17, 15) is 0 Å². The van der Waals surface area contributed by atoms with Gasteiger partial charge in [-0.3, -0.25) is 0 Å². The van der Waals surface area contributed by atoms with Crippen molar-refractivity contribution in [1.82, 2.24) is 0 Å². The molecule has 0 saturated heterocycles. The number of nitrogens with zero attached hydrogens (tertiary/aromatic N) is 4. The minimum absolute atomic E-state index is 0.498. The van der Waals surface area contributed by atoms with Crippen LogP contribution in [0.4, 0.5) is 28.9 Å². The summed E-state index contributed by atoms with van der Waals surface area (Å²) in [6.07, 6.45) is 1.83. The van der Waals surface area contributed by atoms with E-state index in [0.717, 1.165) is 83.8 Å². The standard InChI is InChI=1S/C36H20N4O3/c1-37-25-14-5-6-15-26(25)38-33-27(37)17-19-9-8-12-22-29-21-11-3-7-16-28(21)42-32(29)36(39(33)30(19)22)24-13-4-2-10-20(24)23-18-41-34-31(23)40(36)35(38)43-34/h2-18H,1H3/q+2. The summed E-state index contributed by atoms with van der Waals surface area (Å²) in [7, 11) is 2.15. The fourth-order valence-electron chi connectivity index (χ4n) is 8.44. The number of pyridine rings is 1. The fourth-order valence-corrected chi connectivity index (χ4v) is 8.44. The van der Waals surface area contributed by atoms with Gasteiger partial charge in [-0.15, -0.1) is 9.47 Å². The smallest absolute Gasteiger partial charge is 0.450 e. The molecule has 4 aliphatic rings. The first-order valence-corrected chi connectivity index (χ1v) is 14.5. The van der Waals surface area contributed by atoms with Crippen LogP contribution in [-0.2, 0) is 5.66 Å². The van der Waals surface area contributed by atoms with E-state index in [2.05, 4.69) is 117 Å². The zero-order chi connectivity index (χ0) is 27.8. The Morgan fingerprint density at radius 2 is 1.51 bits per heavy atom. The van der Waals surface area contributed by atoms with E-state index >= 15 is 0 Å². The van der Waals surface area contributed by atoms with E-state index in [0.29, 0.717) is 11.8 Å². The highest BCUT2D eigenvalue weighted by Gasteiger charge is 2.68. The molecule has 8 heterocycles. The predicted molar refractivity (Wildman–Crippen MR) is 161 cm³/mol. The normalized spacial score (nSPS) is 17.9. The molecular formula is C36H20N4O3+2. The number of para-hydroxylation sites is 4. The minimum Gasteiger partial charge on any atom is -0.450 e. The van der Waals surface area contributed by atoms with Crippen molar-refractivity contribution in [2.45, 2.75) is 5.66 Å². The Bertz CT molecular complexity index is 2620. The predicted octanol–water partition coefficient (Wildman–Crippen LogP) is 7.62. The van der Waals surface area contributed by atoms with Crippen LogP contribution in [0.25, 0.3) is 55.4 Å². The molecule has 0 saturated carbocycles. The van der Waals surface area contributed by atoms with Crippen molar-refractivity contribution in [2.75, 3.05) is 16.8 Å². The molecule has 1 spiro atoms. The Balaban J connectivity index is 1.44. The Labute approximate surface area is 243 Å². The van der Waals surface area contributed by atoms with E-state index < -0.39 is 5.66 Å². The maximum Gasteiger partial charge on any atom is 0.478 e. The molecule has 200 valence electrons. The molecule has 7 heteroatoms. The van der Waals surface area contributed by atoms with Crippen molar-refractivity contribution in [3.8, 4) is 22.3 Å². The number of hydrogen-bond donors (Lipinski definition) is 0. The quantitative estimate of drug-likeness (QED) is 0.180. The number of rotatable bonds is 0. The third-order valence-electron chi connectivity index (χ3n) is 10.0. The second-order valence-electron chi connectivity index (χ2n) is 11.8.